The lowest BCUT2D eigenvalue weighted by atomic mass is 10.2. The van der Waals surface area contributed by atoms with E-state index in [0.29, 0.717) is 41.5 Å². The van der Waals surface area contributed by atoms with Crippen molar-refractivity contribution in [3.8, 4) is 5.75 Å². The highest BCUT2D eigenvalue weighted by Gasteiger charge is 2.33. The van der Waals surface area contributed by atoms with Crippen LogP contribution < -0.4 is 10.1 Å². The number of amides is 2. The molecule has 166 valence electrons. The number of hydrogen-bond donors (Lipinski definition) is 1. The molecule has 2 amide bonds. The Balaban J connectivity index is 1.47. The SMILES string of the molecule is CC[C@@H]1Oc2ccc(S(=O)(=O)N3CCN(C(=O)c4sc(C)nc4C)CC3)cc2NC1=O. The zero-order valence-electron chi connectivity index (χ0n) is 17.5. The van der Waals surface area contributed by atoms with Gasteiger partial charge in [0.05, 0.1) is 21.3 Å². The topological polar surface area (TPSA) is 109 Å². The van der Waals surface area contributed by atoms with Crippen LogP contribution >= 0.6 is 11.3 Å². The van der Waals surface area contributed by atoms with Gasteiger partial charge < -0.3 is 15.0 Å². The molecule has 0 saturated carbocycles. The van der Waals surface area contributed by atoms with Gasteiger partial charge in [-0.05, 0) is 38.5 Å². The number of carbonyl (C=O) groups is 2. The molecule has 0 radical (unpaired) electrons. The van der Waals surface area contributed by atoms with Crippen LogP contribution in [0.25, 0.3) is 0 Å². The molecule has 1 fully saturated rings. The average Bonchev–Trinajstić information content (AvgIpc) is 3.10. The Morgan fingerprint density at radius 3 is 2.58 bits per heavy atom. The van der Waals surface area contributed by atoms with Crippen molar-refractivity contribution in [3.05, 3.63) is 33.8 Å². The molecule has 3 heterocycles. The molecule has 2 aliphatic rings. The number of nitrogens with one attached hydrogen (secondary N) is 1. The summed E-state index contributed by atoms with van der Waals surface area (Å²) >= 11 is 1.35. The van der Waals surface area contributed by atoms with E-state index in [-0.39, 0.29) is 29.8 Å². The second-order valence-electron chi connectivity index (χ2n) is 7.51. The van der Waals surface area contributed by atoms with Gasteiger partial charge in [-0.3, -0.25) is 9.59 Å². The van der Waals surface area contributed by atoms with Gasteiger partial charge in [-0.2, -0.15) is 4.31 Å². The first kappa shape index (κ1) is 21.7. The van der Waals surface area contributed by atoms with Gasteiger partial charge in [-0.25, -0.2) is 13.4 Å². The van der Waals surface area contributed by atoms with E-state index in [9.17, 15) is 18.0 Å². The number of carbonyl (C=O) groups excluding carboxylic acids is 2. The minimum atomic E-state index is -3.77. The lowest BCUT2D eigenvalue weighted by Gasteiger charge is -2.34. The van der Waals surface area contributed by atoms with E-state index in [1.165, 1.54) is 27.8 Å². The van der Waals surface area contributed by atoms with Crippen LogP contribution in [0.1, 0.15) is 33.7 Å². The van der Waals surface area contributed by atoms with Gasteiger partial charge in [0.1, 0.15) is 10.6 Å². The Bertz CT molecular complexity index is 1140. The molecule has 1 N–H and O–H groups in total. The van der Waals surface area contributed by atoms with Crippen molar-refractivity contribution in [2.75, 3.05) is 31.5 Å². The second-order valence-corrected chi connectivity index (χ2v) is 10.6. The highest BCUT2D eigenvalue weighted by atomic mass is 32.2. The summed E-state index contributed by atoms with van der Waals surface area (Å²) in [6, 6.07) is 4.48. The Labute approximate surface area is 185 Å². The van der Waals surface area contributed by atoms with Crippen LogP contribution in [-0.4, -0.2) is 66.7 Å². The van der Waals surface area contributed by atoms with Gasteiger partial charge in [-0.15, -0.1) is 11.3 Å². The fraction of sp³-hybridized carbons (Fsp3) is 0.450. The first-order valence-electron chi connectivity index (χ1n) is 10.1. The van der Waals surface area contributed by atoms with E-state index in [4.69, 9.17) is 4.74 Å². The predicted molar refractivity (Wildman–Crippen MR) is 116 cm³/mol. The van der Waals surface area contributed by atoms with Gasteiger partial charge in [0.2, 0.25) is 10.0 Å². The van der Waals surface area contributed by atoms with E-state index in [2.05, 4.69) is 10.3 Å². The van der Waals surface area contributed by atoms with Crippen molar-refractivity contribution in [1.82, 2.24) is 14.2 Å². The molecule has 2 aromatic rings. The third-order valence-electron chi connectivity index (χ3n) is 5.40. The molecule has 9 nitrogen and oxygen atoms in total. The van der Waals surface area contributed by atoms with E-state index in [1.54, 1.807) is 17.9 Å². The number of aryl methyl sites for hydroxylation is 2. The zero-order valence-corrected chi connectivity index (χ0v) is 19.2. The molecule has 0 bridgehead atoms. The van der Waals surface area contributed by atoms with Crippen LogP contribution in [0.2, 0.25) is 0 Å². The van der Waals surface area contributed by atoms with Crippen LogP contribution in [0, 0.1) is 13.8 Å². The van der Waals surface area contributed by atoms with Gasteiger partial charge >= 0.3 is 0 Å². The number of ether oxygens (including phenoxy) is 1. The van der Waals surface area contributed by atoms with Crippen molar-refractivity contribution in [2.45, 2.75) is 38.2 Å². The Morgan fingerprint density at radius 2 is 1.97 bits per heavy atom. The standard InChI is InChI=1S/C20H24N4O5S2/c1-4-16-19(25)22-15-11-14(5-6-17(15)29-16)31(27,28)24-9-7-23(8-10-24)20(26)18-12(2)21-13(3)30-18/h5-6,11,16H,4,7-10H2,1-3H3,(H,22,25)/t16-/m0/s1. The van der Waals surface area contributed by atoms with Crippen molar-refractivity contribution in [2.24, 2.45) is 0 Å². The van der Waals surface area contributed by atoms with Crippen LogP contribution in [0.5, 0.6) is 5.75 Å². The van der Waals surface area contributed by atoms with Crippen molar-refractivity contribution >= 4 is 38.9 Å². The third-order valence-corrected chi connectivity index (χ3v) is 8.36. The number of benzene rings is 1. The lowest BCUT2D eigenvalue weighted by molar-refractivity contribution is -0.123. The summed E-state index contributed by atoms with van der Waals surface area (Å²) in [4.78, 5) is 31.5. The average molecular weight is 465 g/mol. The number of hydrogen-bond acceptors (Lipinski definition) is 7. The number of sulfonamides is 1. The van der Waals surface area contributed by atoms with Gasteiger partial charge in [0.25, 0.3) is 11.8 Å². The van der Waals surface area contributed by atoms with E-state index in [0.717, 1.165) is 5.01 Å². The van der Waals surface area contributed by atoms with Crippen molar-refractivity contribution in [3.63, 3.8) is 0 Å². The van der Waals surface area contributed by atoms with Gasteiger partial charge in [0.15, 0.2) is 6.10 Å². The summed E-state index contributed by atoms with van der Waals surface area (Å²) in [7, 11) is -3.77. The summed E-state index contributed by atoms with van der Waals surface area (Å²) < 4.78 is 33.3. The smallest absolute Gasteiger partial charge is 0.265 e. The molecule has 11 heteroatoms. The number of rotatable bonds is 4. The highest BCUT2D eigenvalue weighted by Crippen LogP contribution is 2.33. The normalized spacial score (nSPS) is 19.5. The lowest BCUT2D eigenvalue weighted by Crippen LogP contribution is -2.50. The molecule has 1 atom stereocenters. The number of fused-ring (bicyclic) bond motifs is 1. The second kappa shape index (κ2) is 8.21. The molecule has 0 spiro atoms. The number of aromatic nitrogens is 1. The molecule has 0 unspecified atom stereocenters. The van der Waals surface area contributed by atoms with Crippen LogP contribution in [0.4, 0.5) is 5.69 Å². The molecule has 0 aliphatic carbocycles. The Kier molecular flexibility index (Phi) is 5.75. The van der Waals surface area contributed by atoms with Crippen molar-refractivity contribution < 1.29 is 22.7 Å². The summed E-state index contributed by atoms with van der Waals surface area (Å²) in [5.74, 6) is 0.0561. The molecule has 1 saturated heterocycles. The molecule has 31 heavy (non-hydrogen) atoms. The number of anilines is 1. The number of thiazole rings is 1. The zero-order chi connectivity index (χ0) is 22.3. The summed E-state index contributed by atoms with van der Waals surface area (Å²) in [6.45, 7) is 6.50. The maximum Gasteiger partial charge on any atom is 0.265 e. The maximum atomic E-state index is 13.1. The summed E-state index contributed by atoms with van der Waals surface area (Å²) in [5.41, 5.74) is 1.05. The monoisotopic (exact) mass is 464 g/mol. The molecular formula is C20H24N4O5S2. The summed E-state index contributed by atoms with van der Waals surface area (Å²) in [5, 5.41) is 3.55. The van der Waals surface area contributed by atoms with E-state index < -0.39 is 16.1 Å². The quantitative estimate of drug-likeness (QED) is 0.742. The minimum Gasteiger partial charge on any atom is -0.478 e. The van der Waals surface area contributed by atoms with Crippen molar-refractivity contribution in [1.29, 1.82) is 0 Å². The Hall–Kier alpha value is -2.50. The molecule has 2 aliphatic heterocycles. The minimum absolute atomic E-state index is 0.0822. The first-order chi connectivity index (χ1) is 14.7. The largest absolute Gasteiger partial charge is 0.478 e. The number of piperazine rings is 1. The molecule has 4 rings (SSSR count). The maximum absolute atomic E-state index is 13.1. The fourth-order valence-electron chi connectivity index (χ4n) is 3.71. The van der Waals surface area contributed by atoms with Gasteiger partial charge in [0, 0.05) is 26.2 Å². The van der Waals surface area contributed by atoms with E-state index >= 15 is 0 Å². The van der Waals surface area contributed by atoms with Crippen LogP contribution in [0.15, 0.2) is 23.1 Å². The predicted octanol–water partition coefficient (Wildman–Crippen LogP) is 2.02. The molecule has 1 aromatic heterocycles. The molecule has 1 aromatic carbocycles. The number of nitrogens with zero attached hydrogens (tertiary/aromatic N) is 3. The fourth-order valence-corrected chi connectivity index (χ4v) is 6.05. The van der Waals surface area contributed by atoms with E-state index in [1.807, 2.05) is 13.8 Å². The third kappa shape index (κ3) is 4.04. The van der Waals surface area contributed by atoms with Gasteiger partial charge in [-0.1, -0.05) is 6.92 Å². The molecular weight excluding hydrogens is 440 g/mol. The first-order valence-corrected chi connectivity index (χ1v) is 12.3. The highest BCUT2D eigenvalue weighted by molar-refractivity contribution is 7.89. The van der Waals surface area contributed by atoms with Crippen LogP contribution in [0.3, 0.4) is 0 Å². The van der Waals surface area contributed by atoms with Crippen LogP contribution in [-0.2, 0) is 14.8 Å². The Morgan fingerprint density at radius 1 is 1.26 bits per heavy atom. The summed E-state index contributed by atoms with van der Waals surface area (Å²) in [6.07, 6.45) is -0.0545.